The van der Waals surface area contributed by atoms with E-state index >= 15 is 0 Å². The van der Waals surface area contributed by atoms with Gasteiger partial charge in [0.1, 0.15) is 11.5 Å². The van der Waals surface area contributed by atoms with Crippen LogP contribution in [0.15, 0.2) is 18.2 Å². The van der Waals surface area contributed by atoms with Crippen LogP contribution in [0, 0.1) is 5.92 Å². The number of hydrogen-bond acceptors (Lipinski definition) is 4. The summed E-state index contributed by atoms with van der Waals surface area (Å²) in [6, 6.07) is 6.03. The highest BCUT2D eigenvalue weighted by Crippen LogP contribution is 2.29. The van der Waals surface area contributed by atoms with Crippen LogP contribution in [0.3, 0.4) is 0 Å². The van der Waals surface area contributed by atoms with Gasteiger partial charge in [-0.1, -0.05) is 0 Å². The van der Waals surface area contributed by atoms with E-state index in [0.29, 0.717) is 29.0 Å². The smallest absolute Gasteiger partial charge is 0.257 e. The summed E-state index contributed by atoms with van der Waals surface area (Å²) in [5.41, 5.74) is 0.587. The molecule has 2 saturated heterocycles. The largest absolute Gasteiger partial charge is 0.497 e. The molecule has 0 spiro atoms. The maximum atomic E-state index is 12.9. The molecule has 0 saturated carbocycles. The summed E-state index contributed by atoms with van der Waals surface area (Å²) < 4.78 is 10.6. The summed E-state index contributed by atoms with van der Waals surface area (Å²) in [6.07, 6.45) is 4.72. The molecule has 0 radical (unpaired) electrons. The second kappa shape index (κ2) is 8.58. The molecular formula is C18H27ClN2O3. The van der Waals surface area contributed by atoms with Gasteiger partial charge in [0.05, 0.1) is 19.8 Å². The van der Waals surface area contributed by atoms with Gasteiger partial charge in [-0.2, -0.15) is 0 Å². The number of halogens is 1. The topological polar surface area (TPSA) is 50.8 Å². The molecule has 1 atom stereocenters. The number of nitrogens with one attached hydrogen (secondary N) is 1. The van der Waals surface area contributed by atoms with Gasteiger partial charge < -0.3 is 19.7 Å². The molecule has 5 nitrogen and oxygen atoms in total. The number of amides is 1. The van der Waals surface area contributed by atoms with Crippen LogP contribution >= 0.6 is 12.4 Å². The predicted molar refractivity (Wildman–Crippen MR) is 96.4 cm³/mol. The van der Waals surface area contributed by atoms with Crippen LogP contribution in [-0.4, -0.2) is 50.7 Å². The molecule has 0 bridgehead atoms. The van der Waals surface area contributed by atoms with Crippen LogP contribution in [0.4, 0.5) is 0 Å². The second-order valence-electron chi connectivity index (χ2n) is 6.40. The zero-order valence-electron chi connectivity index (χ0n) is 14.4. The van der Waals surface area contributed by atoms with Gasteiger partial charge in [-0.15, -0.1) is 12.4 Å². The van der Waals surface area contributed by atoms with Crippen molar-refractivity contribution in [3.05, 3.63) is 23.8 Å². The summed E-state index contributed by atoms with van der Waals surface area (Å²) in [6.45, 7) is 2.79. The Labute approximate surface area is 150 Å². The number of piperidine rings is 1. The zero-order chi connectivity index (χ0) is 16.2. The highest BCUT2D eigenvalue weighted by atomic mass is 35.5. The minimum Gasteiger partial charge on any atom is -0.497 e. The number of ether oxygens (including phenoxy) is 2. The molecule has 1 unspecified atom stereocenters. The third kappa shape index (κ3) is 3.95. The first-order valence-corrected chi connectivity index (χ1v) is 8.47. The summed E-state index contributed by atoms with van der Waals surface area (Å²) in [7, 11) is 3.20. The van der Waals surface area contributed by atoms with Gasteiger partial charge in [0.2, 0.25) is 0 Å². The molecule has 3 rings (SSSR count). The normalized spacial score (nSPS) is 21.2. The fourth-order valence-corrected chi connectivity index (χ4v) is 3.77. The molecule has 2 heterocycles. The Bertz CT molecular complexity index is 553. The van der Waals surface area contributed by atoms with Crippen molar-refractivity contribution in [2.75, 3.05) is 33.9 Å². The van der Waals surface area contributed by atoms with Crippen molar-refractivity contribution in [1.82, 2.24) is 10.2 Å². The third-order valence-electron chi connectivity index (χ3n) is 5.13. The van der Waals surface area contributed by atoms with Crippen LogP contribution in [0.2, 0.25) is 0 Å². The molecule has 2 fully saturated rings. The Morgan fingerprint density at radius 3 is 2.50 bits per heavy atom. The number of carbonyl (C=O) groups is 1. The molecule has 6 heteroatoms. The van der Waals surface area contributed by atoms with Crippen LogP contribution in [-0.2, 0) is 0 Å². The van der Waals surface area contributed by atoms with E-state index in [0.717, 1.165) is 32.5 Å². The van der Waals surface area contributed by atoms with Gasteiger partial charge in [0.15, 0.2) is 0 Å². The molecular weight excluding hydrogens is 328 g/mol. The van der Waals surface area contributed by atoms with E-state index in [1.54, 1.807) is 26.4 Å². The molecule has 24 heavy (non-hydrogen) atoms. The maximum Gasteiger partial charge on any atom is 0.257 e. The Kier molecular flexibility index (Phi) is 6.75. The van der Waals surface area contributed by atoms with E-state index in [1.807, 2.05) is 11.0 Å². The van der Waals surface area contributed by atoms with Gasteiger partial charge >= 0.3 is 0 Å². The molecule has 1 N–H and O–H groups in total. The van der Waals surface area contributed by atoms with Crippen LogP contribution in [0.5, 0.6) is 11.5 Å². The lowest BCUT2D eigenvalue weighted by atomic mass is 9.88. The van der Waals surface area contributed by atoms with E-state index in [2.05, 4.69) is 5.32 Å². The summed E-state index contributed by atoms with van der Waals surface area (Å²) in [5.74, 6) is 2.03. The summed E-state index contributed by atoms with van der Waals surface area (Å²) in [4.78, 5) is 14.8. The molecule has 0 aliphatic carbocycles. The number of rotatable bonds is 4. The van der Waals surface area contributed by atoms with Crippen molar-refractivity contribution in [3.8, 4) is 11.5 Å². The minimum atomic E-state index is 0. The molecule has 1 aromatic carbocycles. The van der Waals surface area contributed by atoms with Gasteiger partial charge in [-0.05, 0) is 56.3 Å². The van der Waals surface area contributed by atoms with Crippen molar-refractivity contribution in [2.45, 2.75) is 31.7 Å². The lowest BCUT2D eigenvalue weighted by Gasteiger charge is -2.35. The standard InChI is InChI=1S/C18H26N2O3.ClH/c1-22-14-5-6-17(23-2)15(12-14)18(21)20-10-7-13(8-11-20)16-4-3-9-19-16;/h5-6,12-13,16,19H,3-4,7-11H2,1-2H3;1H. The lowest BCUT2D eigenvalue weighted by molar-refractivity contribution is 0.0670. The van der Waals surface area contributed by atoms with Crippen molar-refractivity contribution in [1.29, 1.82) is 0 Å². The lowest BCUT2D eigenvalue weighted by Crippen LogP contribution is -2.43. The van der Waals surface area contributed by atoms with Crippen LogP contribution < -0.4 is 14.8 Å². The number of nitrogens with zero attached hydrogens (tertiary/aromatic N) is 1. The minimum absolute atomic E-state index is 0. The van der Waals surface area contributed by atoms with E-state index in [1.165, 1.54) is 12.8 Å². The maximum absolute atomic E-state index is 12.9. The highest BCUT2D eigenvalue weighted by molar-refractivity contribution is 5.97. The number of likely N-dealkylation sites (tertiary alicyclic amines) is 1. The first-order chi connectivity index (χ1) is 11.2. The summed E-state index contributed by atoms with van der Waals surface area (Å²) in [5, 5.41) is 3.60. The molecule has 0 aromatic heterocycles. The van der Waals surface area contributed by atoms with E-state index in [4.69, 9.17) is 9.47 Å². The number of carbonyl (C=O) groups excluding carboxylic acids is 1. The summed E-state index contributed by atoms with van der Waals surface area (Å²) >= 11 is 0. The Morgan fingerprint density at radius 2 is 1.92 bits per heavy atom. The van der Waals surface area contributed by atoms with Gasteiger partial charge in [0.25, 0.3) is 5.91 Å². The number of benzene rings is 1. The van der Waals surface area contributed by atoms with Crippen molar-refractivity contribution in [3.63, 3.8) is 0 Å². The SMILES string of the molecule is COc1ccc(OC)c(C(=O)N2CCC(C3CCCN3)CC2)c1.Cl. The quantitative estimate of drug-likeness (QED) is 0.903. The highest BCUT2D eigenvalue weighted by Gasteiger charge is 2.31. The van der Waals surface area contributed by atoms with Crippen molar-refractivity contribution in [2.24, 2.45) is 5.92 Å². The molecule has 1 amide bonds. The van der Waals surface area contributed by atoms with Gasteiger partial charge in [0, 0.05) is 19.1 Å². The zero-order valence-corrected chi connectivity index (χ0v) is 15.2. The first kappa shape index (κ1) is 18.9. The van der Waals surface area contributed by atoms with E-state index < -0.39 is 0 Å². The van der Waals surface area contributed by atoms with E-state index in [9.17, 15) is 4.79 Å². The predicted octanol–water partition coefficient (Wildman–Crippen LogP) is 2.73. The Hall–Kier alpha value is -1.46. The average molecular weight is 355 g/mol. The van der Waals surface area contributed by atoms with Crippen molar-refractivity contribution < 1.29 is 14.3 Å². The molecule has 2 aliphatic rings. The average Bonchev–Trinajstić information content (AvgIpc) is 3.15. The Morgan fingerprint density at radius 1 is 1.17 bits per heavy atom. The third-order valence-corrected chi connectivity index (χ3v) is 5.13. The Balaban J connectivity index is 0.00000208. The second-order valence-corrected chi connectivity index (χ2v) is 6.40. The first-order valence-electron chi connectivity index (χ1n) is 8.47. The fraction of sp³-hybridized carbons (Fsp3) is 0.611. The monoisotopic (exact) mass is 354 g/mol. The molecule has 134 valence electrons. The fourth-order valence-electron chi connectivity index (χ4n) is 3.77. The number of methoxy groups -OCH3 is 2. The molecule has 2 aliphatic heterocycles. The van der Waals surface area contributed by atoms with Gasteiger partial charge in [-0.25, -0.2) is 0 Å². The number of hydrogen-bond donors (Lipinski definition) is 1. The van der Waals surface area contributed by atoms with Crippen molar-refractivity contribution >= 4 is 18.3 Å². The van der Waals surface area contributed by atoms with Crippen LogP contribution in [0.25, 0.3) is 0 Å². The van der Waals surface area contributed by atoms with Crippen LogP contribution in [0.1, 0.15) is 36.0 Å². The van der Waals surface area contributed by atoms with Gasteiger partial charge in [-0.3, -0.25) is 4.79 Å². The van der Waals surface area contributed by atoms with E-state index in [-0.39, 0.29) is 18.3 Å². The molecule has 1 aromatic rings.